The molecule has 0 saturated heterocycles. The molecule has 3 aromatic rings. The van der Waals surface area contributed by atoms with Crippen LogP contribution in [0.3, 0.4) is 0 Å². The van der Waals surface area contributed by atoms with E-state index in [1.165, 1.54) is 19.5 Å². The molecule has 0 fully saturated rings. The second-order valence-corrected chi connectivity index (χ2v) is 5.97. The summed E-state index contributed by atoms with van der Waals surface area (Å²) >= 11 is 0. The SMILES string of the molecule is COCC(=O)n1cc(-c2cc(C)cc(Nc3cc(C(F)(F)F)ccn3)n2)cn1. The molecule has 7 nitrogen and oxygen atoms in total. The quantitative estimate of drug-likeness (QED) is 0.714. The molecule has 146 valence electrons. The lowest BCUT2D eigenvalue weighted by Gasteiger charge is -2.10. The fraction of sp³-hybridized carbons (Fsp3) is 0.222. The summed E-state index contributed by atoms with van der Waals surface area (Å²) in [4.78, 5) is 20.1. The van der Waals surface area contributed by atoms with Crippen LogP contribution < -0.4 is 5.32 Å². The number of methoxy groups -OCH3 is 1. The van der Waals surface area contributed by atoms with Gasteiger partial charge in [0.2, 0.25) is 0 Å². The molecule has 0 aromatic carbocycles. The highest BCUT2D eigenvalue weighted by molar-refractivity contribution is 5.80. The van der Waals surface area contributed by atoms with Crippen LogP contribution >= 0.6 is 0 Å². The highest BCUT2D eigenvalue weighted by atomic mass is 19.4. The number of alkyl halides is 3. The van der Waals surface area contributed by atoms with Gasteiger partial charge in [0.25, 0.3) is 5.91 Å². The fourth-order valence-corrected chi connectivity index (χ4v) is 2.47. The predicted octanol–water partition coefficient (Wildman–Crippen LogP) is 3.70. The Morgan fingerprint density at radius 2 is 2.04 bits per heavy atom. The molecular weight excluding hydrogens is 375 g/mol. The molecule has 0 spiro atoms. The van der Waals surface area contributed by atoms with Crippen molar-refractivity contribution >= 4 is 17.5 Å². The molecule has 10 heteroatoms. The van der Waals surface area contributed by atoms with E-state index in [0.29, 0.717) is 17.1 Å². The van der Waals surface area contributed by atoms with E-state index in [1.807, 2.05) is 6.92 Å². The zero-order valence-electron chi connectivity index (χ0n) is 15.0. The molecule has 0 aliphatic carbocycles. The number of carbonyl (C=O) groups excluding carboxylic acids is 1. The van der Waals surface area contributed by atoms with E-state index in [4.69, 9.17) is 4.74 Å². The van der Waals surface area contributed by atoms with Gasteiger partial charge >= 0.3 is 6.18 Å². The van der Waals surface area contributed by atoms with Crippen LogP contribution in [0.2, 0.25) is 0 Å². The Balaban J connectivity index is 1.87. The average Bonchev–Trinajstić information content (AvgIpc) is 3.11. The van der Waals surface area contributed by atoms with Crippen molar-refractivity contribution in [1.29, 1.82) is 0 Å². The summed E-state index contributed by atoms with van der Waals surface area (Å²) in [6.07, 6.45) is -0.404. The number of aryl methyl sites for hydroxylation is 1. The lowest BCUT2D eigenvalue weighted by molar-refractivity contribution is -0.137. The number of nitrogens with one attached hydrogen (secondary N) is 1. The Kier molecular flexibility index (Phi) is 5.41. The van der Waals surface area contributed by atoms with Crippen LogP contribution in [0.4, 0.5) is 24.8 Å². The Morgan fingerprint density at radius 3 is 2.75 bits per heavy atom. The van der Waals surface area contributed by atoms with Gasteiger partial charge in [0.1, 0.15) is 18.2 Å². The number of ether oxygens (including phenoxy) is 1. The lowest BCUT2D eigenvalue weighted by atomic mass is 10.2. The second-order valence-electron chi connectivity index (χ2n) is 5.97. The highest BCUT2D eigenvalue weighted by Crippen LogP contribution is 2.30. The van der Waals surface area contributed by atoms with Crippen LogP contribution in [0.5, 0.6) is 0 Å². The first-order valence-electron chi connectivity index (χ1n) is 8.12. The van der Waals surface area contributed by atoms with Gasteiger partial charge in [-0.15, -0.1) is 0 Å². The van der Waals surface area contributed by atoms with Gasteiger partial charge in [-0.2, -0.15) is 18.3 Å². The van der Waals surface area contributed by atoms with Gasteiger partial charge in [0.15, 0.2) is 0 Å². The average molecular weight is 391 g/mol. The maximum absolute atomic E-state index is 12.9. The molecule has 0 atom stereocenters. The molecule has 3 aromatic heterocycles. The minimum Gasteiger partial charge on any atom is -0.375 e. The van der Waals surface area contributed by atoms with E-state index in [-0.39, 0.29) is 18.3 Å². The van der Waals surface area contributed by atoms with E-state index in [0.717, 1.165) is 28.6 Å². The summed E-state index contributed by atoms with van der Waals surface area (Å²) in [6, 6.07) is 5.25. The van der Waals surface area contributed by atoms with Crippen LogP contribution in [0, 0.1) is 6.92 Å². The topological polar surface area (TPSA) is 81.9 Å². The molecule has 3 rings (SSSR count). The van der Waals surface area contributed by atoms with Gasteiger partial charge in [-0.25, -0.2) is 14.6 Å². The minimum atomic E-state index is -4.46. The number of pyridine rings is 2. The first kappa shape index (κ1) is 19.5. The first-order valence-corrected chi connectivity index (χ1v) is 8.12. The van der Waals surface area contributed by atoms with Gasteiger partial charge in [0.05, 0.1) is 17.5 Å². The molecule has 0 aliphatic rings. The van der Waals surface area contributed by atoms with Gasteiger partial charge in [-0.1, -0.05) is 0 Å². The first-order chi connectivity index (χ1) is 13.3. The zero-order valence-corrected chi connectivity index (χ0v) is 15.0. The summed E-state index contributed by atoms with van der Waals surface area (Å²) < 4.78 is 44.5. The molecule has 1 N–H and O–H groups in total. The number of aromatic nitrogens is 4. The monoisotopic (exact) mass is 391 g/mol. The number of halogens is 3. The molecule has 0 radical (unpaired) electrons. The maximum Gasteiger partial charge on any atom is 0.416 e. The number of hydrogen-bond acceptors (Lipinski definition) is 6. The normalized spacial score (nSPS) is 11.5. The lowest BCUT2D eigenvalue weighted by Crippen LogP contribution is -2.16. The molecule has 0 bridgehead atoms. The Labute approximate surface area is 158 Å². The third kappa shape index (κ3) is 4.52. The van der Waals surface area contributed by atoms with Crippen LogP contribution in [-0.4, -0.2) is 39.4 Å². The molecule has 0 aliphatic heterocycles. The summed E-state index contributed by atoms with van der Waals surface area (Å²) in [5.41, 5.74) is 1.09. The van der Waals surface area contributed by atoms with E-state index in [2.05, 4.69) is 20.4 Å². The van der Waals surface area contributed by atoms with Crippen molar-refractivity contribution in [1.82, 2.24) is 19.7 Å². The summed E-state index contributed by atoms with van der Waals surface area (Å²) in [5, 5.41) is 6.76. The van der Waals surface area contributed by atoms with Crippen molar-refractivity contribution in [3.05, 3.63) is 54.0 Å². The van der Waals surface area contributed by atoms with Crippen LogP contribution in [-0.2, 0) is 10.9 Å². The molecule has 0 unspecified atom stereocenters. The molecule has 3 heterocycles. The molecule has 0 amide bonds. The van der Waals surface area contributed by atoms with Crippen molar-refractivity contribution in [3.63, 3.8) is 0 Å². The molecule has 28 heavy (non-hydrogen) atoms. The third-order valence-corrected chi connectivity index (χ3v) is 3.71. The molecular formula is C18H16F3N5O2. The Morgan fingerprint density at radius 1 is 1.25 bits per heavy atom. The maximum atomic E-state index is 12.9. The number of nitrogens with zero attached hydrogens (tertiary/aromatic N) is 4. The number of hydrogen-bond donors (Lipinski definition) is 1. The Bertz CT molecular complexity index is 1000. The summed E-state index contributed by atoms with van der Waals surface area (Å²) in [5.74, 6) is -0.00412. The van der Waals surface area contributed by atoms with E-state index >= 15 is 0 Å². The van der Waals surface area contributed by atoms with E-state index in [9.17, 15) is 18.0 Å². The summed E-state index contributed by atoms with van der Waals surface area (Å²) in [7, 11) is 1.41. The fourth-order valence-electron chi connectivity index (χ4n) is 2.47. The number of carbonyl (C=O) groups is 1. The van der Waals surface area contributed by atoms with Gasteiger partial charge < -0.3 is 10.1 Å². The van der Waals surface area contributed by atoms with Crippen molar-refractivity contribution in [2.45, 2.75) is 13.1 Å². The van der Waals surface area contributed by atoms with Crippen molar-refractivity contribution in [2.75, 3.05) is 19.0 Å². The highest BCUT2D eigenvalue weighted by Gasteiger charge is 2.30. The van der Waals surface area contributed by atoms with Gasteiger partial charge in [0, 0.05) is 25.1 Å². The number of rotatable bonds is 5. The van der Waals surface area contributed by atoms with Gasteiger partial charge in [-0.3, -0.25) is 4.79 Å². The van der Waals surface area contributed by atoms with Gasteiger partial charge in [-0.05, 0) is 36.8 Å². The summed E-state index contributed by atoms with van der Waals surface area (Å²) in [6.45, 7) is 1.70. The van der Waals surface area contributed by atoms with Crippen LogP contribution in [0.25, 0.3) is 11.3 Å². The smallest absolute Gasteiger partial charge is 0.375 e. The van der Waals surface area contributed by atoms with Crippen molar-refractivity contribution < 1.29 is 22.7 Å². The largest absolute Gasteiger partial charge is 0.416 e. The second kappa shape index (κ2) is 7.77. The van der Waals surface area contributed by atoms with Crippen LogP contribution in [0.15, 0.2) is 42.9 Å². The predicted molar refractivity (Wildman–Crippen MR) is 95.2 cm³/mol. The van der Waals surface area contributed by atoms with E-state index < -0.39 is 11.7 Å². The standard InChI is InChI=1S/C18H16F3N5O2/c1-11-5-14(12-8-23-26(9-12)17(27)10-28-2)24-16(6-11)25-15-7-13(3-4-22-15)18(19,20)21/h3-9H,10H2,1-2H3,(H,22,24,25). The Hall–Kier alpha value is -3.27. The number of anilines is 2. The third-order valence-electron chi connectivity index (χ3n) is 3.71. The van der Waals surface area contributed by atoms with Crippen molar-refractivity contribution in [2.24, 2.45) is 0 Å². The van der Waals surface area contributed by atoms with Crippen molar-refractivity contribution in [3.8, 4) is 11.3 Å². The minimum absolute atomic E-state index is 0.0184. The zero-order chi connectivity index (χ0) is 20.3. The van der Waals surface area contributed by atoms with Crippen LogP contribution in [0.1, 0.15) is 15.9 Å². The van der Waals surface area contributed by atoms with E-state index in [1.54, 1.807) is 12.1 Å². The molecule has 0 saturated carbocycles.